The molecule has 16 heavy (non-hydrogen) atoms. The maximum Gasteiger partial charge on any atom is 0.308 e. The van der Waals surface area contributed by atoms with Crippen molar-refractivity contribution in [2.24, 2.45) is 0 Å². The highest BCUT2D eigenvalue weighted by Crippen LogP contribution is 2.34. The van der Waals surface area contributed by atoms with Crippen molar-refractivity contribution in [3.05, 3.63) is 27.8 Å². The summed E-state index contributed by atoms with van der Waals surface area (Å²) in [6.45, 7) is 7.46. The second-order valence-electron chi connectivity index (χ2n) is 3.06. The Hall–Kier alpha value is -1.04. The Morgan fingerprint density at radius 1 is 1.56 bits per heavy atom. The van der Waals surface area contributed by atoms with E-state index < -0.39 is 0 Å². The number of hydrogen-bond donors (Lipinski definition) is 0. The summed E-state index contributed by atoms with van der Waals surface area (Å²) in [5.41, 5.74) is 0.934. The van der Waals surface area contributed by atoms with Crippen molar-refractivity contribution >= 4 is 34.6 Å². The molecule has 0 bridgehead atoms. The van der Waals surface area contributed by atoms with Gasteiger partial charge in [0.25, 0.3) is 0 Å². The predicted molar refractivity (Wildman–Crippen MR) is 71.7 cm³/mol. The van der Waals surface area contributed by atoms with Crippen molar-refractivity contribution in [2.75, 3.05) is 6.61 Å². The van der Waals surface area contributed by atoms with Gasteiger partial charge in [-0.3, -0.25) is 4.79 Å². The van der Waals surface area contributed by atoms with Gasteiger partial charge in [0.15, 0.2) is 11.5 Å². The SMILES string of the molecule is C=Cc1cc(I)c(OC(C)=O)c(OCC)c1. The minimum Gasteiger partial charge on any atom is -0.490 e. The van der Waals surface area contributed by atoms with Crippen molar-refractivity contribution in [1.29, 1.82) is 0 Å². The lowest BCUT2D eigenvalue weighted by molar-refractivity contribution is -0.132. The Bertz CT molecular complexity index is 413. The third-order valence-corrected chi connectivity index (χ3v) is 2.61. The fourth-order valence-corrected chi connectivity index (χ4v) is 1.95. The molecule has 1 aromatic carbocycles. The number of halogens is 1. The van der Waals surface area contributed by atoms with E-state index in [1.165, 1.54) is 6.92 Å². The molecule has 0 radical (unpaired) electrons. The van der Waals surface area contributed by atoms with Gasteiger partial charge in [-0.25, -0.2) is 0 Å². The van der Waals surface area contributed by atoms with Crippen LogP contribution in [-0.2, 0) is 4.79 Å². The summed E-state index contributed by atoms with van der Waals surface area (Å²) in [5.74, 6) is 0.685. The molecule has 0 saturated carbocycles. The first-order valence-electron chi connectivity index (χ1n) is 4.85. The molecule has 4 heteroatoms. The molecule has 0 saturated heterocycles. The first kappa shape index (κ1) is 13.0. The Balaban J connectivity index is 3.21. The van der Waals surface area contributed by atoms with Gasteiger partial charge in [0.2, 0.25) is 0 Å². The predicted octanol–water partition coefficient (Wildman–Crippen LogP) is 3.26. The summed E-state index contributed by atoms with van der Waals surface area (Å²) in [6, 6.07) is 3.69. The number of carbonyl (C=O) groups excluding carboxylic acids is 1. The van der Waals surface area contributed by atoms with Crippen LogP contribution in [0.3, 0.4) is 0 Å². The van der Waals surface area contributed by atoms with E-state index in [0.717, 1.165) is 9.13 Å². The number of hydrogen-bond acceptors (Lipinski definition) is 3. The van der Waals surface area contributed by atoms with E-state index in [4.69, 9.17) is 9.47 Å². The van der Waals surface area contributed by atoms with Crippen LogP contribution in [0.4, 0.5) is 0 Å². The molecule has 0 N–H and O–H groups in total. The van der Waals surface area contributed by atoms with E-state index in [0.29, 0.717) is 18.1 Å². The molecule has 0 aromatic heterocycles. The maximum absolute atomic E-state index is 11.0. The van der Waals surface area contributed by atoms with Crippen molar-refractivity contribution < 1.29 is 14.3 Å². The van der Waals surface area contributed by atoms with Gasteiger partial charge in [-0.05, 0) is 47.2 Å². The molecular formula is C12H13IO3. The zero-order valence-electron chi connectivity index (χ0n) is 9.25. The van der Waals surface area contributed by atoms with Crippen molar-refractivity contribution in [2.45, 2.75) is 13.8 Å². The number of esters is 1. The first-order valence-corrected chi connectivity index (χ1v) is 5.93. The summed E-state index contributed by atoms with van der Waals surface area (Å²) in [4.78, 5) is 11.0. The second kappa shape index (κ2) is 5.89. The summed E-state index contributed by atoms with van der Waals surface area (Å²) in [6.07, 6.45) is 1.72. The molecule has 0 spiro atoms. The van der Waals surface area contributed by atoms with Gasteiger partial charge < -0.3 is 9.47 Å². The van der Waals surface area contributed by atoms with Crippen LogP contribution in [0, 0.1) is 3.57 Å². The van der Waals surface area contributed by atoms with Gasteiger partial charge in [0.1, 0.15) is 0 Å². The summed E-state index contributed by atoms with van der Waals surface area (Å²) >= 11 is 2.10. The van der Waals surface area contributed by atoms with Crippen LogP contribution in [0.25, 0.3) is 6.08 Å². The van der Waals surface area contributed by atoms with Crippen LogP contribution >= 0.6 is 22.6 Å². The standard InChI is InChI=1S/C12H13IO3/c1-4-9-6-10(13)12(16-8(3)14)11(7-9)15-5-2/h4,6-7H,1,5H2,2-3H3. The van der Waals surface area contributed by atoms with E-state index >= 15 is 0 Å². The Labute approximate surface area is 109 Å². The smallest absolute Gasteiger partial charge is 0.308 e. The molecule has 1 rings (SSSR count). The lowest BCUT2D eigenvalue weighted by Gasteiger charge is -2.12. The number of ether oxygens (including phenoxy) is 2. The molecule has 86 valence electrons. The van der Waals surface area contributed by atoms with Crippen LogP contribution in [0.15, 0.2) is 18.7 Å². The molecule has 0 aliphatic carbocycles. The zero-order chi connectivity index (χ0) is 12.1. The summed E-state index contributed by atoms with van der Waals surface area (Å²) in [5, 5.41) is 0. The van der Waals surface area contributed by atoms with Gasteiger partial charge in [0, 0.05) is 6.92 Å². The fraction of sp³-hybridized carbons (Fsp3) is 0.250. The third kappa shape index (κ3) is 3.23. The van der Waals surface area contributed by atoms with E-state index in [2.05, 4.69) is 29.2 Å². The minimum atomic E-state index is -0.356. The van der Waals surface area contributed by atoms with Gasteiger partial charge in [-0.15, -0.1) is 0 Å². The van der Waals surface area contributed by atoms with Crippen molar-refractivity contribution in [3.63, 3.8) is 0 Å². The van der Waals surface area contributed by atoms with E-state index in [1.54, 1.807) is 12.1 Å². The molecule has 3 nitrogen and oxygen atoms in total. The molecule has 1 aromatic rings. The lowest BCUT2D eigenvalue weighted by Crippen LogP contribution is -2.06. The van der Waals surface area contributed by atoms with Crippen molar-refractivity contribution in [3.8, 4) is 11.5 Å². The number of rotatable bonds is 4. The highest BCUT2D eigenvalue weighted by Gasteiger charge is 2.13. The topological polar surface area (TPSA) is 35.5 Å². The molecule has 0 atom stereocenters. The molecule has 0 fully saturated rings. The van der Waals surface area contributed by atoms with E-state index in [-0.39, 0.29) is 5.97 Å². The molecular weight excluding hydrogens is 319 g/mol. The average molecular weight is 332 g/mol. The van der Waals surface area contributed by atoms with E-state index in [1.807, 2.05) is 13.0 Å². The Kier molecular flexibility index (Phi) is 4.79. The molecule has 0 amide bonds. The van der Waals surface area contributed by atoms with Crippen LogP contribution in [0.1, 0.15) is 19.4 Å². The van der Waals surface area contributed by atoms with Gasteiger partial charge in [0.05, 0.1) is 10.2 Å². The maximum atomic E-state index is 11.0. The van der Waals surface area contributed by atoms with Crippen molar-refractivity contribution in [1.82, 2.24) is 0 Å². The molecule has 0 aliphatic heterocycles. The monoisotopic (exact) mass is 332 g/mol. The Morgan fingerprint density at radius 3 is 2.75 bits per heavy atom. The average Bonchev–Trinajstić information content (AvgIpc) is 2.22. The molecule has 0 unspecified atom stereocenters. The van der Waals surface area contributed by atoms with Crippen LogP contribution in [0.2, 0.25) is 0 Å². The van der Waals surface area contributed by atoms with Crippen LogP contribution in [-0.4, -0.2) is 12.6 Å². The van der Waals surface area contributed by atoms with Crippen LogP contribution < -0.4 is 9.47 Å². The molecule has 0 heterocycles. The van der Waals surface area contributed by atoms with Gasteiger partial charge in [-0.2, -0.15) is 0 Å². The van der Waals surface area contributed by atoms with Gasteiger partial charge >= 0.3 is 5.97 Å². The van der Waals surface area contributed by atoms with Crippen LogP contribution in [0.5, 0.6) is 11.5 Å². The minimum absolute atomic E-state index is 0.356. The largest absolute Gasteiger partial charge is 0.490 e. The zero-order valence-corrected chi connectivity index (χ0v) is 11.4. The first-order chi connectivity index (χ1) is 7.58. The normalized spacial score (nSPS) is 9.69. The van der Waals surface area contributed by atoms with E-state index in [9.17, 15) is 4.79 Å². The second-order valence-corrected chi connectivity index (χ2v) is 4.22. The Morgan fingerprint density at radius 2 is 2.25 bits per heavy atom. The highest BCUT2D eigenvalue weighted by molar-refractivity contribution is 14.1. The highest BCUT2D eigenvalue weighted by atomic mass is 127. The van der Waals surface area contributed by atoms with Gasteiger partial charge in [-0.1, -0.05) is 12.7 Å². The number of carbonyl (C=O) groups is 1. The molecule has 0 aliphatic rings. The summed E-state index contributed by atoms with van der Waals surface area (Å²) < 4.78 is 11.4. The third-order valence-electron chi connectivity index (χ3n) is 1.81. The lowest BCUT2D eigenvalue weighted by atomic mass is 10.2. The summed E-state index contributed by atoms with van der Waals surface area (Å²) in [7, 11) is 0. The fourth-order valence-electron chi connectivity index (χ4n) is 1.21. The number of benzene rings is 1. The quantitative estimate of drug-likeness (QED) is 0.482.